The minimum Gasteiger partial charge on any atom is -0.506 e. The first-order chi connectivity index (χ1) is 14.6. The van der Waals surface area contributed by atoms with E-state index in [1.807, 2.05) is 42.5 Å². The van der Waals surface area contributed by atoms with Crippen molar-refractivity contribution >= 4 is 23.2 Å². The Labute approximate surface area is 178 Å². The van der Waals surface area contributed by atoms with Crippen LogP contribution in [0.25, 0.3) is 11.1 Å². The summed E-state index contributed by atoms with van der Waals surface area (Å²) in [4.78, 5) is 12.4. The first-order valence-corrected chi connectivity index (χ1v) is 9.58. The summed E-state index contributed by atoms with van der Waals surface area (Å²) in [5.41, 5.74) is 2.65. The Morgan fingerprint density at radius 2 is 1.73 bits per heavy atom. The van der Waals surface area contributed by atoms with Gasteiger partial charge in [0.05, 0.1) is 5.69 Å². The maximum absolute atomic E-state index is 12.4. The minimum atomic E-state index is -0.460. The van der Waals surface area contributed by atoms with Gasteiger partial charge in [-0.1, -0.05) is 54.1 Å². The number of aromatic hydroxyl groups is 1. The third-order valence-electron chi connectivity index (χ3n) is 4.41. The van der Waals surface area contributed by atoms with Crippen molar-refractivity contribution in [1.82, 2.24) is 9.78 Å². The topological polar surface area (TPSA) is 76.4 Å². The number of halogens is 1. The molecule has 0 bridgehead atoms. The van der Waals surface area contributed by atoms with E-state index in [0.717, 1.165) is 11.1 Å². The predicted molar refractivity (Wildman–Crippen MR) is 116 cm³/mol. The lowest BCUT2D eigenvalue weighted by Crippen LogP contribution is -2.14. The summed E-state index contributed by atoms with van der Waals surface area (Å²) in [5.74, 6) is 0.160. The third kappa shape index (κ3) is 4.61. The predicted octanol–water partition coefficient (Wildman–Crippen LogP) is 5.20. The Morgan fingerprint density at radius 3 is 2.50 bits per heavy atom. The molecule has 0 atom stereocenters. The normalized spacial score (nSPS) is 10.6. The standard InChI is InChI=1S/C23H18ClN3O3/c24-18-8-11-22(28)21(14-18)25-23(29)20-12-13-27(26-20)15-30-19-9-6-17(7-10-19)16-4-2-1-3-5-16/h1-14,28H,15H2,(H,25,29). The zero-order valence-electron chi connectivity index (χ0n) is 15.8. The Hall–Kier alpha value is -3.77. The van der Waals surface area contributed by atoms with E-state index < -0.39 is 5.91 Å². The molecule has 0 saturated carbocycles. The van der Waals surface area contributed by atoms with Gasteiger partial charge in [0, 0.05) is 11.2 Å². The quantitative estimate of drug-likeness (QED) is 0.421. The third-order valence-corrected chi connectivity index (χ3v) is 4.64. The maximum atomic E-state index is 12.4. The summed E-state index contributed by atoms with van der Waals surface area (Å²) >= 11 is 5.90. The van der Waals surface area contributed by atoms with Crippen molar-refractivity contribution in [2.24, 2.45) is 0 Å². The number of carbonyl (C=O) groups is 1. The van der Waals surface area contributed by atoms with Crippen molar-refractivity contribution < 1.29 is 14.6 Å². The first kappa shape index (κ1) is 19.5. The molecule has 2 N–H and O–H groups in total. The van der Waals surface area contributed by atoms with E-state index in [-0.39, 0.29) is 23.9 Å². The number of benzene rings is 3. The summed E-state index contributed by atoms with van der Waals surface area (Å²) in [6.07, 6.45) is 1.64. The lowest BCUT2D eigenvalue weighted by molar-refractivity contribution is 0.102. The molecule has 30 heavy (non-hydrogen) atoms. The Bertz CT molecular complexity index is 1160. The molecular weight excluding hydrogens is 402 g/mol. The number of ether oxygens (including phenoxy) is 1. The van der Waals surface area contributed by atoms with Gasteiger partial charge in [-0.05, 0) is 47.5 Å². The zero-order valence-corrected chi connectivity index (χ0v) is 16.6. The van der Waals surface area contributed by atoms with Gasteiger partial charge in [-0.2, -0.15) is 5.10 Å². The number of rotatable bonds is 6. The van der Waals surface area contributed by atoms with Crippen LogP contribution in [-0.2, 0) is 6.73 Å². The molecule has 1 aromatic heterocycles. The van der Waals surface area contributed by atoms with Crippen LogP contribution in [0.15, 0.2) is 85.1 Å². The number of nitrogens with one attached hydrogen (secondary N) is 1. The summed E-state index contributed by atoms with van der Waals surface area (Å²) in [6.45, 7) is 0.153. The Morgan fingerprint density at radius 1 is 1.00 bits per heavy atom. The second kappa shape index (κ2) is 8.71. The van der Waals surface area contributed by atoms with Crippen LogP contribution >= 0.6 is 11.6 Å². The van der Waals surface area contributed by atoms with Gasteiger partial charge in [-0.3, -0.25) is 4.79 Å². The number of phenolic OH excluding ortho intramolecular Hbond substituents is 1. The summed E-state index contributed by atoms with van der Waals surface area (Å²) in [6, 6.07) is 23.8. The minimum absolute atomic E-state index is 0.0746. The molecule has 0 aliphatic carbocycles. The van der Waals surface area contributed by atoms with Crippen molar-refractivity contribution in [2.45, 2.75) is 6.73 Å². The smallest absolute Gasteiger partial charge is 0.276 e. The monoisotopic (exact) mass is 419 g/mol. The molecule has 1 heterocycles. The molecule has 4 aromatic rings. The van der Waals surface area contributed by atoms with Crippen LogP contribution in [0.2, 0.25) is 5.02 Å². The SMILES string of the molecule is O=C(Nc1cc(Cl)ccc1O)c1ccn(COc2ccc(-c3ccccc3)cc2)n1. The van der Waals surface area contributed by atoms with Crippen molar-refractivity contribution in [1.29, 1.82) is 0 Å². The molecule has 0 radical (unpaired) electrons. The number of carbonyl (C=O) groups excluding carboxylic acids is 1. The molecule has 0 fully saturated rings. The van der Waals surface area contributed by atoms with E-state index in [1.165, 1.54) is 22.9 Å². The average molecular weight is 420 g/mol. The van der Waals surface area contributed by atoms with Crippen molar-refractivity contribution in [3.8, 4) is 22.6 Å². The molecule has 6 nitrogen and oxygen atoms in total. The summed E-state index contributed by atoms with van der Waals surface area (Å²) in [5, 5.41) is 17.0. The molecule has 0 unspecified atom stereocenters. The van der Waals surface area contributed by atoms with Gasteiger partial charge in [0.2, 0.25) is 0 Å². The van der Waals surface area contributed by atoms with E-state index in [9.17, 15) is 9.90 Å². The Balaban J connectivity index is 1.36. The lowest BCUT2D eigenvalue weighted by Gasteiger charge is -2.08. The average Bonchev–Trinajstić information content (AvgIpc) is 3.25. The van der Waals surface area contributed by atoms with Crippen molar-refractivity contribution in [3.05, 3.63) is 95.8 Å². The number of amides is 1. The second-order valence-electron chi connectivity index (χ2n) is 6.52. The molecule has 1 amide bonds. The van der Waals surface area contributed by atoms with E-state index >= 15 is 0 Å². The van der Waals surface area contributed by atoms with Gasteiger partial charge >= 0.3 is 0 Å². The molecule has 0 spiro atoms. The van der Waals surface area contributed by atoms with E-state index in [2.05, 4.69) is 22.5 Å². The molecular formula is C23H18ClN3O3. The number of hydrogen-bond acceptors (Lipinski definition) is 4. The lowest BCUT2D eigenvalue weighted by atomic mass is 10.1. The molecule has 0 aliphatic rings. The van der Waals surface area contributed by atoms with E-state index in [0.29, 0.717) is 10.8 Å². The van der Waals surface area contributed by atoms with Gasteiger partial charge in [0.15, 0.2) is 12.4 Å². The largest absolute Gasteiger partial charge is 0.506 e. The van der Waals surface area contributed by atoms with E-state index in [1.54, 1.807) is 12.3 Å². The van der Waals surface area contributed by atoms with Crippen molar-refractivity contribution in [3.63, 3.8) is 0 Å². The number of anilines is 1. The van der Waals surface area contributed by atoms with Crippen LogP contribution < -0.4 is 10.1 Å². The summed E-state index contributed by atoms with van der Waals surface area (Å²) in [7, 11) is 0. The van der Waals surface area contributed by atoms with Gasteiger partial charge < -0.3 is 15.2 Å². The van der Waals surface area contributed by atoms with E-state index in [4.69, 9.17) is 16.3 Å². The second-order valence-corrected chi connectivity index (χ2v) is 6.96. The van der Waals surface area contributed by atoms with Crippen LogP contribution in [0.3, 0.4) is 0 Å². The fourth-order valence-corrected chi connectivity index (χ4v) is 3.04. The Kier molecular flexibility index (Phi) is 5.68. The van der Waals surface area contributed by atoms with Crippen LogP contribution in [-0.4, -0.2) is 20.8 Å². The molecule has 0 saturated heterocycles. The number of phenols is 1. The van der Waals surface area contributed by atoms with Crippen LogP contribution in [0.4, 0.5) is 5.69 Å². The molecule has 4 rings (SSSR count). The van der Waals surface area contributed by atoms with Crippen LogP contribution in [0.1, 0.15) is 10.5 Å². The van der Waals surface area contributed by atoms with Crippen molar-refractivity contribution in [2.75, 3.05) is 5.32 Å². The highest BCUT2D eigenvalue weighted by Crippen LogP contribution is 2.27. The van der Waals surface area contributed by atoms with Gasteiger partial charge in [-0.25, -0.2) is 4.68 Å². The molecule has 7 heteroatoms. The van der Waals surface area contributed by atoms with Crippen LogP contribution in [0.5, 0.6) is 11.5 Å². The van der Waals surface area contributed by atoms with Gasteiger partial charge in [-0.15, -0.1) is 0 Å². The fourth-order valence-electron chi connectivity index (χ4n) is 2.86. The first-order valence-electron chi connectivity index (χ1n) is 9.20. The van der Waals surface area contributed by atoms with Crippen LogP contribution in [0, 0.1) is 0 Å². The van der Waals surface area contributed by atoms with Gasteiger partial charge in [0.25, 0.3) is 5.91 Å². The van der Waals surface area contributed by atoms with Gasteiger partial charge in [0.1, 0.15) is 11.5 Å². The highest BCUT2D eigenvalue weighted by atomic mass is 35.5. The molecule has 3 aromatic carbocycles. The number of nitrogens with zero attached hydrogens (tertiary/aromatic N) is 2. The number of aromatic nitrogens is 2. The maximum Gasteiger partial charge on any atom is 0.276 e. The highest BCUT2D eigenvalue weighted by molar-refractivity contribution is 6.31. The highest BCUT2D eigenvalue weighted by Gasteiger charge is 2.12. The number of hydrogen-bond donors (Lipinski definition) is 2. The molecule has 150 valence electrons. The zero-order chi connectivity index (χ0) is 20.9. The molecule has 0 aliphatic heterocycles. The summed E-state index contributed by atoms with van der Waals surface area (Å²) < 4.78 is 7.25. The fraction of sp³-hybridized carbons (Fsp3) is 0.0435.